The molecule has 1 aromatic carbocycles. The highest BCUT2D eigenvalue weighted by atomic mass is 35.5. The number of nitrogens with zero attached hydrogens (tertiary/aromatic N) is 1. The van der Waals surface area contributed by atoms with Crippen LogP contribution >= 0.6 is 11.6 Å². The third kappa shape index (κ3) is 2.56. The Kier molecular flexibility index (Phi) is 3.49. The van der Waals surface area contributed by atoms with Gasteiger partial charge in [-0.05, 0) is 31.5 Å². The molecule has 0 saturated carbocycles. The second kappa shape index (κ2) is 4.81. The average molecular weight is 286 g/mol. The van der Waals surface area contributed by atoms with Crippen molar-refractivity contribution in [3.8, 4) is 0 Å². The van der Waals surface area contributed by atoms with Crippen LogP contribution in [0.25, 0.3) is 0 Å². The van der Waals surface area contributed by atoms with Gasteiger partial charge < -0.3 is 10.0 Å². The van der Waals surface area contributed by atoms with Gasteiger partial charge in [-0.3, -0.25) is 9.59 Å². The molecule has 1 N–H and O–H groups in total. The average Bonchev–Trinajstić information content (AvgIpc) is 2.73. The van der Waals surface area contributed by atoms with Crippen molar-refractivity contribution in [1.82, 2.24) is 4.90 Å². The minimum absolute atomic E-state index is 0.0842. The van der Waals surface area contributed by atoms with Crippen molar-refractivity contribution in [2.75, 3.05) is 13.1 Å². The van der Waals surface area contributed by atoms with E-state index in [0.717, 1.165) is 6.07 Å². The summed E-state index contributed by atoms with van der Waals surface area (Å²) in [7, 11) is 0. The zero-order valence-corrected chi connectivity index (χ0v) is 11.1. The number of hydrogen-bond donors (Lipinski definition) is 1. The fourth-order valence-corrected chi connectivity index (χ4v) is 2.30. The van der Waals surface area contributed by atoms with Gasteiger partial charge >= 0.3 is 5.97 Å². The predicted octanol–water partition coefficient (Wildman–Crippen LogP) is 2.42. The number of carbonyl (C=O) groups is 2. The first-order valence-electron chi connectivity index (χ1n) is 5.81. The summed E-state index contributed by atoms with van der Waals surface area (Å²) >= 11 is 5.63. The van der Waals surface area contributed by atoms with Gasteiger partial charge in [0.1, 0.15) is 5.82 Å². The third-order valence-electron chi connectivity index (χ3n) is 3.44. The van der Waals surface area contributed by atoms with Crippen molar-refractivity contribution in [3.63, 3.8) is 0 Å². The first kappa shape index (κ1) is 13.8. The first-order valence-corrected chi connectivity index (χ1v) is 6.19. The van der Waals surface area contributed by atoms with E-state index in [1.807, 2.05) is 0 Å². The van der Waals surface area contributed by atoms with Gasteiger partial charge in [-0.25, -0.2) is 4.39 Å². The van der Waals surface area contributed by atoms with Crippen molar-refractivity contribution >= 4 is 23.5 Å². The molecule has 4 nitrogen and oxygen atoms in total. The highest BCUT2D eigenvalue weighted by Gasteiger charge is 2.42. The molecule has 1 aliphatic rings. The van der Waals surface area contributed by atoms with Gasteiger partial charge in [0, 0.05) is 18.1 Å². The van der Waals surface area contributed by atoms with Crippen LogP contribution in [-0.4, -0.2) is 35.0 Å². The Morgan fingerprint density at radius 3 is 2.68 bits per heavy atom. The number of carboxylic acid groups (broad SMARTS) is 1. The summed E-state index contributed by atoms with van der Waals surface area (Å²) in [4.78, 5) is 24.6. The minimum Gasteiger partial charge on any atom is -0.481 e. The molecule has 1 heterocycles. The Labute approximate surface area is 114 Å². The monoisotopic (exact) mass is 285 g/mol. The highest BCUT2D eigenvalue weighted by molar-refractivity contribution is 6.30. The van der Waals surface area contributed by atoms with E-state index in [-0.39, 0.29) is 17.1 Å². The van der Waals surface area contributed by atoms with E-state index in [4.69, 9.17) is 16.7 Å². The van der Waals surface area contributed by atoms with Gasteiger partial charge in [0.15, 0.2) is 0 Å². The molecule has 0 bridgehead atoms. The number of hydrogen-bond acceptors (Lipinski definition) is 2. The molecule has 0 aromatic heterocycles. The van der Waals surface area contributed by atoms with Crippen LogP contribution in [0.4, 0.5) is 4.39 Å². The highest BCUT2D eigenvalue weighted by Crippen LogP contribution is 2.31. The summed E-state index contributed by atoms with van der Waals surface area (Å²) < 4.78 is 13.7. The lowest BCUT2D eigenvalue weighted by Crippen LogP contribution is -2.35. The van der Waals surface area contributed by atoms with Crippen LogP contribution in [0, 0.1) is 11.2 Å². The molecular weight excluding hydrogens is 273 g/mol. The van der Waals surface area contributed by atoms with Gasteiger partial charge in [0.05, 0.1) is 11.0 Å². The Balaban J connectivity index is 2.20. The normalized spacial score (nSPS) is 22.6. The second-order valence-corrected chi connectivity index (χ2v) is 5.40. The Bertz CT molecular complexity index is 549. The number of likely N-dealkylation sites (tertiary alicyclic amines) is 1. The molecular formula is C13H13ClFNO3. The Hall–Kier alpha value is -1.62. The lowest BCUT2D eigenvalue weighted by Gasteiger charge is -2.20. The maximum Gasteiger partial charge on any atom is 0.311 e. The Morgan fingerprint density at radius 1 is 1.47 bits per heavy atom. The quantitative estimate of drug-likeness (QED) is 0.908. The largest absolute Gasteiger partial charge is 0.481 e. The molecule has 19 heavy (non-hydrogen) atoms. The molecule has 6 heteroatoms. The molecule has 1 atom stereocenters. The summed E-state index contributed by atoms with van der Waals surface area (Å²) in [5.74, 6) is -2.14. The fourth-order valence-electron chi connectivity index (χ4n) is 2.14. The zero-order valence-electron chi connectivity index (χ0n) is 10.3. The fraction of sp³-hybridized carbons (Fsp3) is 0.385. The summed E-state index contributed by atoms with van der Waals surface area (Å²) in [5.41, 5.74) is -1.04. The van der Waals surface area contributed by atoms with Crippen molar-refractivity contribution in [3.05, 3.63) is 34.6 Å². The van der Waals surface area contributed by atoms with Crippen molar-refractivity contribution in [2.24, 2.45) is 5.41 Å². The molecule has 2 rings (SSSR count). The molecule has 1 aliphatic heterocycles. The molecule has 102 valence electrons. The zero-order chi connectivity index (χ0) is 14.2. The van der Waals surface area contributed by atoms with E-state index in [9.17, 15) is 14.0 Å². The summed E-state index contributed by atoms with van der Waals surface area (Å²) in [5, 5.41) is 9.32. The molecule has 1 aromatic rings. The summed E-state index contributed by atoms with van der Waals surface area (Å²) in [6, 6.07) is 3.82. The van der Waals surface area contributed by atoms with E-state index in [0.29, 0.717) is 13.0 Å². The number of halogens is 2. The van der Waals surface area contributed by atoms with Crippen LogP contribution in [-0.2, 0) is 4.79 Å². The van der Waals surface area contributed by atoms with Gasteiger partial charge in [0.2, 0.25) is 0 Å². The maximum atomic E-state index is 13.7. The first-order chi connectivity index (χ1) is 8.83. The predicted molar refractivity (Wildman–Crippen MR) is 67.7 cm³/mol. The lowest BCUT2D eigenvalue weighted by molar-refractivity contribution is -0.147. The van der Waals surface area contributed by atoms with E-state index >= 15 is 0 Å². The molecule has 0 aliphatic carbocycles. The van der Waals surface area contributed by atoms with Gasteiger partial charge in [-0.2, -0.15) is 0 Å². The number of aliphatic carboxylic acids is 1. The number of carbonyl (C=O) groups excluding carboxylic acids is 1. The van der Waals surface area contributed by atoms with E-state index < -0.39 is 23.1 Å². The van der Waals surface area contributed by atoms with Crippen LogP contribution in [0.2, 0.25) is 5.02 Å². The molecule has 1 fully saturated rings. The topological polar surface area (TPSA) is 57.6 Å². The third-order valence-corrected chi connectivity index (χ3v) is 3.67. The maximum absolute atomic E-state index is 13.7. The van der Waals surface area contributed by atoms with Crippen LogP contribution in [0.3, 0.4) is 0 Å². The number of rotatable bonds is 2. The molecule has 0 spiro atoms. The van der Waals surface area contributed by atoms with E-state index in [1.165, 1.54) is 17.0 Å². The number of carboxylic acids is 1. The Morgan fingerprint density at radius 2 is 2.16 bits per heavy atom. The standard InChI is InChI=1S/C13H13ClFNO3/c1-13(12(18)19)4-5-16(7-13)11(17)9-3-2-8(14)6-10(9)15/h2-3,6H,4-5,7H2,1H3,(H,18,19)/t13-/m1/s1. The van der Waals surface area contributed by atoms with Crippen molar-refractivity contribution in [1.29, 1.82) is 0 Å². The smallest absolute Gasteiger partial charge is 0.311 e. The molecule has 1 saturated heterocycles. The van der Waals surface area contributed by atoms with Crippen LogP contribution in [0.5, 0.6) is 0 Å². The van der Waals surface area contributed by atoms with Crippen LogP contribution in [0.15, 0.2) is 18.2 Å². The minimum atomic E-state index is -0.960. The van der Waals surface area contributed by atoms with Gasteiger partial charge in [-0.15, -0.1) is 0 Å². The van der Waals surface area contributed by atoms with E-state index in [2.05, 4.69) is 0 Å². The van der Waals surface area contributed by atoms with Gasteiger partial charge in [-0.1, -0.05) is 11.6 Å². The summed E-state index contributed by atoms with van der Waals surface area (Å²) in [6.45, 7) is 1.98. The van der Waals surface area contributed by atoms with Crippen LogP contribution in [0.1, 0.15) is 23.7 Å². The van der Waals surface area contributed by atoms with Gasteiger partial charge in [0.25, 0.3) is 5.91 Å². The van der Waals surface area contributed by atoms with Crippen molar-refractivity contribution in [2.45, 2.75) is 13.3 Å². The van der Waals surface area contributed by atoms with Crippen LogP contribution < -0.4 is 0 Å². The molecule has 1 amide bonds. The lowest BCUT2D eigenvalue weighted by atomic mass is 9.90. The van der Waals surface area contributed by atoms with E-state index in [1.54, 1.807) is 6.92 Å². The summed E-state index contributed by atoms with van der Waals surface area (Å²) in [6.07, 6.45) is 0.364. The molecule has 0 unspecified atom stereocenters. The molecule has 0 radical (unpaired) electrons. The number of amides is 1. The van der Waals surface area contributed by atoms with Crippen molar-refractivity contribution < 1.29 is 19.1 Å². The number of benzene rings is 1. The SMILES string of the molecule is C[C@@]1(C(=O)O)CCN(C(=O)c2ccc(Cl)cc2F)C1. The second-order valence-electron chi connectivity index (χ2n) is 4.97.